The van der Waals surface area contributed by atoms with Crippen LogP contribution in [0.1, 0.15) is 20.8 Å². The Bertz CT molecular complexity index is 194. The lowest BCUT2D eigenvalue weighted by Crippen LogP contribution is -2.37. The molecular formula is C9H16O3. The molecule has 0 aromatic heterocycles. The van der Waals surface area contributed by atoms with Crippen LogP contribution in [0.25, 0.3) is 0 Å². The van der Waals surface area contributed by atoms with Crippen molar-refractivity contribution < 1.29 is 14.6 Å². The molecule has 0 aliphatic rings. The highest BCUT2D eigenvalue weighted by atomic mass is 16.5. The Balaban J connectivity index is 4.56. The van der Waals surface area contributed by atoms with Crippen LogP contribution in [0.2, 0.25) is 0 Å². The maximum atomic E-state index is 10.9. The van der Waals surface area contributed by atoms with Gasteiger partial charge in [0, 0.05) is 5.41 Å². The van der Waals surface area contributed by atoms with E-state index in [0.717, 1.165) is 5.57 Å². The fraction of sp³-hybridized carbons (Fsp3) is 0.667. The van der Waals surface area contributed by atoms with Gasteiger partial charge in [-0.15, -0.1) is 0 Å². The first-order valence-electron chi connectivity index (χ1n) is 3.76. The Morgan fingerprint density at radius 2 is 2.00 bits per heavy atom. The SMILES string of the molecule is C=C(C)C(C)(C)C(O)C(=O)OC. The van der Waals surface area contributed by atoms with E-state index in [1.807, 2.05) is 0 Å². The standard InChI is InChI=1S/C9H16O3/c1-6(2)9(3,4)7(10)8(11)12-5/h7,10H,1H2,2-5H3. The molecule has 0 radical (unpaired) electrons. The highest BCUT2D eigenvalue weighted by molar-refractivity contribution is 5.75. The number of aliphatic hydroxyl groups is 1. The highest BCUT2D eigenvalue weighted by Gasteiger charge is 2.34. The second kappa shape index (κ2) is 3.72. The van der Waals surface area contributed by atoms with Gasteiger partial charge in [-0.2, -0.15) is 0 Å². The highest BCUT2D eigenvalue weighted by Crippen LogP contribution is 2.29. The average molecular weight is 172 g/mol. The predicted octanol–water partition coefficient (Wildman–Crippen LogP) is 1.12. The summed E-state index contributed by atoms with van der Waals surface area (Å²) in [5, 5.41) is 9.48. The van der Waals surface area contributed by atoms with Crippen LogP contribution in [0, 0.1) is 5.41 Å². The van der Waals surface area contributed by atoms with Crippen molar-refractivity contribution in [3.05, 3.63) is 12.2 Å². The van der Waals surface area contributed by atoms with Gasteiger partial charge in [0.15, 0.2) is 6.10 Å². The van der Waals surface area contributed by atoms with Crippen molar-refractivity contribution in [2.45, 2.75) is 26.9 Å². The van der Waals surface area contributed by atoms with Crippen molar-refractivity contribution in [3.8, 4) is 0 Å². The average Bonchev–Trinajstić information content (AvgIpc) is 2.01. The quantitative estimate of drug-likeness (QED) is 0.512. The van der Waals surface area contributed by atoms with E-state index in [9.17, 15) is 9.90 Å². The second-order valence-electron chi connectivity index (χ2n) is 3.43. The molecule has 0 fully saturated rings. The normalized spacial score (nSPS) is 13.8. The minimum absolute atomic E-state index is 0.622. The minimum Gasteiger partial charge on any atom is -0.467 e. The van der Waals surface area contributed by atoms with Gasteiger partial charge >= 0.3 is 5.97 Å². The second-order valence-corrected chi connectivity index (χ2v) is 3.43. The zero-order valence-electron chi connectivity index (χ0n) is 8.05. The van der Waals surface area contributed by atoms with E-state index in [2.05, 4.69) is 11.3 Å². The maximum absolute atomic E-state index is 10.9. The number of esters is 1. The summed E-state index contributed by atoms with van der Waals surface area (Å²) in [4.78, 5) is 10.9. The largest absolute Gasteiger partial charge is 0.467 e. The monoisotopic (exact) mass is 172 g/mol. The van der Waals surface area contributed by atoms with E-state index >= 15 is 0 Å². The molecule has 0 aromatic rings. The van der Waals surface area contributed by atoms with Crippen molar-refractivity contribution in [3.63, 3.8) is 0 Å². The number of carbonyl (C=O) groups excluding carboxylic acids is 1. The summed E-state index contributed by atoms with van der Waals surface area (Å²) in [6.45, 7) is 8.96. The van der Waals surface area contributed by atoms with Gasteiger partial charge < -0.3 is 9.84 Å². The molecule has 0 rings (SSSR count). The smallest absolute Gasteiger partial charge is 0.335 e. The molecule has 0 spiro atoms. The molecule has 3 nitrogen and oxygen atoms in total. The Morgan fingerprint density at radius 1 is 1.58 bits per heavy atom. The fourth-order valence-corrected chi connectivity index (χ4v) is 0.640. The molecule has 3 heteroatoms. The van der Waals surface area contributed by atoms with Crippen molar-refractivity contribution in [2.75, 3.05) is 7.11 Å². The fourth-order valence-electron chi connectivity index (χ4n) is 0.640. The first kappa shape index (κ1) is 11.2. The van der Waals surface area contributed by atoms with Crippen LogP contribution in [0.15, 0.2) is 12.2 Å². The Morgan fingerprint density at radius 3 is 2.25 bits per heavy atom. The molecule has 0 amide bonds. The summed E-state index contributed by atoms with van der Waals surface area (Å²) >= 11 is 0. The number of hydrogen-bond donors (Lipinski definition) is 1. The molecule has 0 bridgehead atoms. The van der Waals surface area contributed by atoms with Gasteiger partial charge in [-0.25, -0.2) is 4.79 Å². The Kier molecular flexibility index (Phi) is 3.46. The molecule has 0 saturated carbocycles. The van der Waals surface area contributed by atoms with E-state index < -0.39 is 17.5 Å². The molecule has 1 atom stereocenters. The molecule has 0 heterocycles. The zero-order chi connectivity index (χ0) is 9.94. The van der Waals surface area contributed by atoms with Crippen LogP contribution in [0.3, 0.4) is 0 Å². The third kappa shape index (κ3) is 2.08. The van der Waals surface area contributed by atoms with Crippen LogP contribution >= 0.6 is 0 Å². The minimum atomic E-state index is -1.14. The molecule has 12 heavy (non-hydrogen) atoms. The molecule has 0 aliphatic carbocycles. The van der Waals surface area contributed by atoms with Crippen molar-refractivity contribution in [1.82, 2.24) is 0 Å². The molecule has 1 unspecified atom stereocenters. The molecule has 0 aliphatic heterocycles. The molecular weight excluding hydrogens is 156 g/mol. The lowest BCUT2D eigenvalue weighted by molar-refractivity contribution is -0.155. The third-order valence-electron chi connectivity index (χ3n) is 2.21. The van der Waals surface area contributed by atoms with E-state index in [0.29, 0.717) is 0 Å². The number of rotatable bonds is 3. The number of ether oxygens (including phenoxy) is 1. The lowest BCUT2D eigenvalue weighted by atomic mass is 9.80. The molecule has 0 aromatic carbocycles. The first-order chi connectivity index (χ1) is 5.34. The van der Waals surface area contributed by atoms with Gasteiger partial charge in [-0.05, 0) is 6.92 Å². The van der Waals surface area contributed by atoms with Gasteiger partial charge in [0.2, 0.25) is 0 Å². The number of aliphatic hydroxyl groups excluding tert-OH is 1. The van der Waals surface area contributed by atoms with Crippen LogP contribution in [0.4, 0.5) is 0 Å². The van der Waals surface area contributed by atoms with Gasteiger partial charge in [0.05, 0.1) is 7.11 Å². The Hall–Kier alpha value is -0.830. The summed E-state index contributed by atoms with van der Waals surface area (Å²) in [6, 6.07) is 0. The number of carbonyl (C=O) groups is 1. The zero-order valence-corrected chi connectivity index (χ0v) is 8.05. The molecule has 1 N–H and O–H groups in total. The predicted molar refractivity (Wildman–Crippen MR) is 46.6 cm³/mol. The summed E-state index contributed by atoms with van der Waals surface area (Å²) in [5.74, 6) is -0.622. The van der Waals surface area contributed by atoms with Crippen molar-refractivity contribution in [1.29, 1.82) is 0 Å². The van der Waals surface area contributed by atoms with Crippen LogP contribution < -0.4 is 0 Å². The van der Waals surface area contributed by atoms with Gasteiger partial charge in [-0.3, -0.25) is 0 Å². The van der Waals surface area contributed by atoms with E-state index in [-0.39, 0.29) is 0 Å². The summed E-state index contributed by atoms with van der Waals surface area (Å²) < 4.78 is 4.42. The number of methoxy groups -OCH3 is 1. The first-order valence-corrected chi connectivity index (χ1v) is 3.76. The maximum Gasteiger partial charge on any atom is 0.335 e. The third-order valence-corrected chi connectivity index (χ3v) is 2.21. The van der Waals surface area contributed by atoms with E-state index in [1.165, 1.54) is 7.11 Å². The van der Waals surface area contributed by atoms with Gasteiger partial charge in [-0.1, -0.05) is 26.0 Å². The van der Waals surface area contributed by atoms with Gasteiger partial charge in [0.1, 0.15) is 0 Å². The van der Waals surface area contributed by atoms with Crippen molar-refractivity contribution in [2.24, 2.45) is 5.41 Å². The van der Waals surface area contributed by atoms with E-state index in [4.69, 9.17) is 0 Å². The summed E-state index contributed by atoms with van der Waals surface area (Å²) in [5.41, 5.74) is 0.119. The molecule has 70 valence electrons. The van der Waals surface area contributed by atoms with Crippen LogP contribution in [0.5, 0.6) is 0 Å². The molecule has 0 saturated heterocycles. The van der Waals surface area contributed by atoms with Crippen LogP contribution in [-0.2, 0) is 9.53 Å². The van der Waals surface area contributed by atoms with E-state index in [1.54, 1.807) is 20.8 Å². The summed E-state index contributed by atoms with van der Waals surface area (Å²) in [7, 11) is 1.25. The van der Waals surface area contributed by atoms with Gasteiger partial charge in [0.25, 0.3) is 0 Å². The number of hydrogen-bond acceptors (Lipinski definition) is 3. The van der Waals surface area contributed by atoms with Crippen molar-refractivity contribution >= 4 is 5.97 Å². The van der Waals surface area contributed by atoms with Crippen LogP contribution in [-0.4, -0.2) is 24.3 Å². The topological polar surface area (TPSA) is 46.5 Å². The Labute approximate surface area is 73.0 Å². The summed E-state index contributed by atoms with van der Waals surface area (Å²) in [6.07, 6.45) is -1.14. The lowest BCUT2D eigenvalue weighted by Gasteiger charge is -2.28.